The molecular formula is C15H22N4O2. The molecule has 114 valence electrons. The van der Waals surface area contributed by atoms with Gasteiger partial charge in [-0.25, -0.2) is 9.97 Å². The number of ether oxygens (including phenoxy) is 1. The van der Waals surface area contributed by atoms with E-state index in [4.69, 9.17) is 4.74 Å². The van der Waals surface area contributed by atoms with Crippen molar-refractivity contribution in [1.29, 1.82) is 0 Å². The molecular weight excluding hydrogens is 268 g/mol. The Hall–Kier alpha value is -1.69. The third kappa shape index (κ3) is 3.69. The van der Waals surface area contributed by atoms with Crippen molar-refractivity contribution in [3.8, 4) is 0 Å². The van der Waals surface area contributed by atoms with Gasteiger partial charge in [-0.2, -0.15) is 0 Å². The number of carbonyl (C=O) groups is 1. The van der Waals surface area contributed by atoms with E-state index in [0.717, 1.165) is 63.6 Å². The van der Waals surface area contributed by atoms with Crippen LogP contribution in [0.1, 0.15) is 37.3 Å². The average molecular weight is 290 g/mol. The Labute approximate surface area is 124 Å². The van der Waals surface area contributed by atoms with Crippen LogP contribution in [0.25, 0.3) is 0 Å². The van der Waals surface area contributed by atoms with Gasteiger partial charge < -0.3 is 15.0 Å². The van der Waals surface area contributed by atoms with Gasteiger partial charge in [0.25, 0.3) is 0 Å². The van der Waals surface area contributed by atoms with Crippen molar-refractivity contribution in [2.24, 2.45) is 0 Å². The summed E-state index contributed by atoms with van der Waals surface area (Å²) in [6.07, 6.45) is 5.31. The minimum Gasteiger partial charge on any atom is -0.381 e. The number of likely N-dealkylation sites (tertiary alicyclic amines) is 1. The summed E-state index contributed by atoms with van der Waals surface area (Å²) in [6.45, 7) is 4.15. The van der Waals surface area contributed by atoms with Gasteiger partial charge >= 0.3 is 0 Å². The van der Waals surface area contributed by atoms with Gasteiger partial charge in [0, 0.05) is 44.6 Å². The summed E-state index contributed by atoms with van der Waals surface area (Å²) < 4.78 is 5.40. The van der Waals surface area contributed by atoms with Gasteiger partial charge in [-0.15, -0.1) is 0 Å². The predicted octanol–water partition coefficient (Wildman–Crippen LogP) is 1.40. The zero-order valence-corrected chi connectivity index (χ0v) is 12.3. The highest BCUT2D eigenvalue weighted by Gasteiger charge is 2.20. The molecule has 0 unspecified atom stereocenters. The second-order valence-electron chi connectivity index (χ2n) is 5.65. The van der Waals surface area contributed by atoms with Crippen LogP contribution in [-0.2, 0) is 9.53 Å². The third-order valence-electron chi connectivity index (χ3n) is 4.12. The fraction of sp³-hybridized carbons (Fsp3) is 0.667. The first-order valence-corrected chi connectivity index (χ1v) is 7.74. The number of carbonyl (C=O) groups excluding carboxylic acids is 1. The van der Waals surface area contributed by atoms with E-state index in [2.05, 4.69) is 15.3 Å². The lowest BCUT2D eigenvalue weighted by Crippen LogP contribution is -2.27. The van der Waals surface area contributed by atoms with Crippen LogP contribution in [0.15, 0.2) is 12.4 Å². The second kappa shape index (κ2) is 6.85. The Bertz CT molecular complexity index is 488. The van der Waals surface area contributed by atoms with Crippen molar-refractivity contribution in [1.82, 2.24) is 14.9 Å². The lowest BCUT2D eigenvalue weighted by molar-refractivity contribution is -0.127. The smallest absolute Gasteiger partial charge is 0.222 e. The topological polar surface area (TPSA) is 67.4 Å². The molecule has 2 aliphatic rings. The molecule has 21 heavy (non-hydrogen) atoms. The molecule has 1 aromatic rings. The molecule has 1 aromatic heterocycles. The number of nitrogens with one attached hydrogen (secondary N) is 1. The number of nitrogens with zero attached hydrogens (tertiary/aromatic N) is 3. The van der Waals surface area contributed by atoms with E-state index in [0.29, 0.717) is 18.2 Å². The van der Waals surface area contributed by atoms with Crippen molar-refractivity contribution in [2.45, 2.75) is 31.6 Å². The molecule has 2 aliphatic heterocycles. The lowest BCUT2D eigenvalue weighted by Gasteiger charge is -2.15. The number of aromatic nitrogens is 2. The van der Waals surface area contributed by atoms with E-state index in [1.807, 2.05) is 11.0 Å². The van der Waals surface area contributed by atoms with Gasteiger partial charge in [0.1, 0.15) is 12.1 Å². The van der Waals surface area contributed by atoms with Crippen LogP contribution in [-0.4, -0.2) is 53.6 Å². The first-order valence-electron chi connectivity index (χ1n) is 7.74. The van der Waals surface area contributed by atoms with Crippen LogP contribution < -0.4 is 5.32 Å². The van der Waals surface area contributed by atoms with Gasteiger partial charge in [0.05, 0.1) is 12.3 Å². The first kappa shape index (κ1) is 14.3. The fourth-order valence-electron chi connectivity index (χ4n) is 2.89. The maximum absolute atomic E-state index is 11.5. The summed E-state index contributed by atoms with van der Waals surface area (Å²) in [4.78, 5) is 22.0. The highest BCUT2D eigenvalue weighted by Crippen LogP contribution is 2.24. The fourth-order valence-corrected chi connectivity index (χ4v) is 2.89. The molecule has 1 N–H and O–H groups in total. The van der Waals surface area contributed by atoms with E-state index in [1.165, 1.54) is 0 Å². The minimum absolute atomic E-state index is 0.292. The summed E-state index contributed by atoms with van der Waals surface area (Å²) in [5.74, 6) is 1.55. The maximum Gasteiger partial charge on any atom is 0.222 e. The molecule has 6 nitrogen and oxygen atoms in total. The monoisotopic (exact) mass is 290 g/mol. The largest absolute Gasteiger partial charge is 0.381 e. The van der Waals surface area contributed by atoms with Crippen molar-refractivity contribution in [2.75, 3.05) is 38.2 Å². The Kier molecular flexibility index (Phi) is 4.65. The van der Waals surface area contributed by atoms with Gasteiger partial charge in [0.2, 0.25) is 5.91 Å². The van der Waals surface area contributed by atoms with Crippen LogP contribution in [0.3, 0.4) is 0 Å². The summed E-state index contributed by atoms with van der Waals surface area (Å²) in [7, 11) is 0. The molecule has 0 saturated carbocycles. The molecule has 6 heteroatoms. The first-order chi connectivity index (χ1) is 10.3. The van der Waals surface area contributed by atoms with E-state index in [1.54, 1.807) is 6.33 Å². The molecule has 1 amide bonds. The summed E-state index contributed by atoms with van der Waals surface area (Å²) >= 11 is 0. The molecule has 0 spiro atoms. The molecule has 0 radical (unpaired) electrons. The van der Waals surface area contributed by atoms with E-state index in [-0.39, 0.29) is 0 Å². The van der Waals surface area contributed by atoms with Crippen LogP contribution in [0.5, 0.6) is 0 Å². The molecule has 0 bridgehead atoms. The molecule has 3 heterocycles. The van der Waals surface area contributed by atoms with Crippen LogP contribution in [0, 0.1) is 0 Å². The number of rotatable bonds is 6. The molecule has 2 saturated heterocycles. The van der Waals surface area contributed by atoms with Crippen LogP contribution in [0.2, 0.25) is 0 Å². The number of amides is 1. The number of anilines is 1. The molecule has 0 aromatic carbocycles. The Morgan fingerprint density at radius 2 is 2.38 bits per heavy atom. The predicted molar refractivity (Wildman–Crippen MR) is 79.1 cm³/mol. The molecule has 0 aliphatic carbocycles. The Balaban J connectivity index is 1.44. The van der Waals surface area contributed by atoms with Crippen molar-refractivity contribution in [3.05, 3.63) is 18.1 Å². The summed E-state index contributed by atoms with van der Waals surface area (Å²) in [5.41, 5.74) is 1.06. The molecule has 2 fully saturated rings. The maximum atomic E-state index is 11.5. The zero-order valence-electron chi connectivity index (χ0n) is 12.3. The Morgan fingerprint density at radius 1 is 1.43 bits per heavy atom. The van der Waals surface area contributed by atoms with E-state index >= 15 is 0 Å². The normalized spacial score (nSPS) is 22.0. The number of hydrogen-bond donors (Lipinski definition) is 1. The molecule has 3 rings (SSSR count). The van der Waals surface area contributed by atoms with E-state index < -0.39 is 0 Å². The summed E-state index contributed by atoms with van der Waals surface area (Å²) in [6, 6.07) is 2.01. The SMILES string of the molecule is O=C1CCCN1CCCNc1cc([C@@H]2CCOC2)ncn1. The van der Waals surface area contributed by atoms with Gasteiger partial charge in [-0.1, -0.05) is 0 Å². The minimum atomic E-state index is 0.292. The zero-order chi connectivity index (χ0) is 14.5. The quantitative estimate of drug-likeness (QED) is 0.802. The number of hydrogen-bond acceptors (Lipinski definition) is 5. The lowest BCUT2D eigenvalue weighted by atomic mass is 10.1. The van der Waals surface area contributed by atoms with Gasteiger partial charge in [-0.3, -0.25) is 4.79 Å². The molecule has 1 atom stereocenters. The average Bonchev–Trinajstić information content (AvgIpc) is 3.16. The van der Waals surface area contributed by atoms with Crippen molar-refractivity contribution >= 4 is 11.7 Å². The third-order valence-corrected chi connectivity index (χ3v) is 4.12. The highest BCUT2D eigenvalue weighted by atomic mass is 16.5. The van der Waals surface area contributed by atoms with Crippen molar-refractivity contribution in [3.63, 3.8) is 0 Å². The van der Waals surface area contributed by atoms with E-state index in [9.17, 15) is 4.79 Å². The second-order valence-corrected chi connectivity index (χ2v) is 5.65. The van der Waals surface area contributed by atoms with Gasteiger partial charge in [0.15, 0.2) is 0 Å². The van der Waals surface area contributed by atoms with Gasteiger partial charge in [-0.05, 0) is 19.3 Å². The standard InChI is InChI=1S/C15H22N4O2/c20-15-3-1-6-19(15)7-2-5-16-14-9-13(17-11-18-14)12-4-8-21-10-12/h9,11-12H,1-8,10H2,(H,16,17,18)/t12-/m1/s1. The van der Waals surface area contributed by atoms with Crippen molar-refractivity contribution < 1.29 is 9.53 Å². The Morgan fingerprint density at radius 3 is 3.14 bits per heavy atom. The summed E-state index contributed by atoms with van der Waals surface area (Å²) in [5, 5.41) is 3.32. The van der Waals surface area contributed by atoms with Crippen LogP contribution >= 0.6 is 0 Å². The van der Waals surface area contributed by atoms with Crippen LogP contribution in [0.4, 0.5) is 5.82 Å². The highest BCUT2D eigenvalue weighted by molar-refractivity contribution is 5.77.